The Labute approximate surface area is 109 Å². The van der Waals surface area contributed by atoms with Crippen molar-refractivity contribution in [1.82, 2.24) is 10.3 Å². The van der Waals surface area contributed by atoms with E-state index in [1.54, 1.807) is 5.38 Å². The number of anilines is 1. The number of thiazole rings is 1. The molecule has 0 radical (unpaired) electrons. The molecule has 0 saturated heterocycles. The number of carbonyl (C=O) groups excluding carboxylic acids is 1. The van der Waals surface area contributed by atoms with Crippen LogP contribution in [0.5, 0.6) is 0 Å². The molecule has 1 aromatic rings. The zero-order valence-electron chi connectivity index (χ0n) is 9.84. The molecule has 0 aliphatic carbocycles. The lowest BCUT2D eigenvalue weighted by atomic mass is 10.3. The Morgan fingerprint density at radius 3 is 2.89 bits per heavy atom. The second-order valence-electron chi connectivity index (χ2n) is 3.62. The van der Waals surface area contributed by atoms with E-state index in [9.17, 15) is 13.2 Å². The van der Waals surface area contributed by atoms with Crippen LogP contribution in [0.2, 0.25) is 0 Å². The van der Waals surface area contributed by atoms with Crippen LogP contribution in [-0.2, 0) is 21.2 Å². The molecule has 0 unspecified atom stereocenters. The molecule has 0 aromatic carbocycles. The van der Waals surface area contributed by atoms with Crippen LogP contribution in [0.25, 0.3) is 0 Å². The molecule has 0 fully saturated rings. The van der Waals surface area contributed by atoms with Crippen LogP contribution in [0, 0.1) is 0 Å². The van der Waals surface area contributed by atoms with Crippen molar-refractivity contribution < 1.29 is 18.3 Å². The quantitative estimate of drug-likeness (QED) is 0.590. The topological polar surface area (TPSA) is 108 Å². The lowest BCUT2D eigenvalue weighted by Gasteiger charge is -2.01. The third-order valence-corrected chi connectivity index (χ3v) is 3.32. The predicted molar refractivity (Wildman–Crippen MR) is 69.0 cm³/mol. The molecule has 1 heterocycles. The number of carbonyl (C=O) groups is 1. The van der Waals surface area contributed by atoms with Gasteiger partial charge in [0.15, 0.2) is 5.13 Å². The summed E-state index contributed by atoms with van der Waals surface area (Å²) in [6.45, 7) is 0.438. The summed E-state index contributed by atoms with van der Waals surface area (Å²) in [5, 5.41) is 13.0. The van der Waals surface area contributed by atoms with Crippen molar-refractivity contribution in [2.24, 2.45) is 0 Å². The Hall–Kier alpha value is -1.19. The number of nitrogens with zero attached hydrogens (tertiary/aromatic N) is 1. The number of hydrogen-bond donors (Lipinski definition) is 3. The van der Waals surface area contributed by atoms with Gasteiger partial charge in [-0.1, -0.05) is 0 Å². The molecule has 0 bridgehead atoms. The zero-order chi connectivity index (χ0) is 13.6. The SMILES string of the molecule is CS(=O)(=O)Nc1nc(CC(=O)NCCCO)cs1. The standard InChI is InChI=1S/C9H15N3O4S2/c1-18(15,16)12-9-11-7(6-17-9)5-8(14)10-3-2-4-13/h6,13H,2-5H2,1H3,(H,10,14)(H,11,12). The van der Waals surface area contributed by atoms with Crippen molar-refractivity contribution in [2.45, 2.75) is 12.8 Å². The molecule has 0 aliphatic heterocycles. The molecule has 9 heteroatoms. The highest BCUT2D eigenvalue weighted by Gasteiger charge is 2.09. The molecule has 102 valence electrons. The molecule has 1 aromatic heterocycles. The Balaban J connectivity index is 2.46. The summed E-state index contributed by atoms with van der Waals surface area (Å²) >= 11 is 1.13. The summed E-state index contributed by atoms with van der Waals surface area (Å²) in [6.07, 6.45) is 1.63. The van der Waals surface area contributed by atoms with E-state index >= 15 is 0 Å². The number of rotatable bonds is 7. The van der Waals surface area contributed by atoms with Crippen LogP contribution >= 0.6 is 11.3 Å². The van der Waals surface area contributed by atoms with Gasteiger partial charge in [-0.25, -0.2) is 13.4 Å². The number of nitrogens with one attached hydrogen (secondary N) is 2. The Bertz CT molecular complexity index is 498. The summed E-state index contributed by atoms with van der Waals surface area (Å²) < 4.78 is 24.2. The fourth-order valence-electron chi connectivity index (χ4n) is 1.13. The molecule has 3 N–H and O–H groups in total. The number of aliphatic hydroxyl groups excluding tert-OH is 1. The van der Waals surface area contributed by atoms with Gasteiger partial charge in [0.05, 0.1) is 18.4 Å². The molecule has 18 heavy (non-hydrogen) atoms. The normalized spacial score (nSPS) is 11.2. The molecular formula is C9H15N3O4S2. The van der Waals surface area contributed by atoms with Gasteiger partial charge in [0.1, 0.15) is 0 Å². The van der Waals surface area contributed by atoms with Crippen molar-refractivity contribution in [3.8, 4) is 0 Å². The first-order valence-corrected chi connectivity index (χ1v) is 7.97. The van der Waals surface area contributed by atoms with Crippen molar-refractivity contribution >= 4 is 32.4 Å². The predicted octanol–water partition coefficient (Wildman–Crippen LogP) is -0.444. The Morgan fingerprint density at radius 1 is 1.56 bits per heavy atom. The van der Waals surface area contributed by atoms with Gasteiger partial charge in [-0.15, -0.1) is 11.3 Å². The van der Waals surface area contributed by atoms with Gasteiger partial charge in [-0.05, 0) is 6.42 Å². The monoisotopic (exact) mass is 293 g/mol. The maximum Gasteiger partial charge on any atom is 0.231 e. The molecule has 0 spiro atoms. The van der Waals surface area contributed by atoms with Gasteiger partial charge in [0.25, 0.3) is 0 Å². The Morgan fingerprint density at radius 2 is 2.28 bits per heavy atom. The first-order valence-electron chi connectivity index (χ1n) is 5.20. The lowest BCUT2D eigenvalue weighted by Crippen LogP contribution is -2.26. The zero-order valence-corrected chi connectivity index (χ0v) is 11.5. The van der Waals surface area contributed by atoms with Gasteiger partial charge in [0.2, 0.25) is 15.9 Å². The summed E-state index contributed by atoms with van der Waals surface area (Å²) in [7, 11) is -3.34. The van der Waals surface area contributed by atoms with Crippen molar-refractivity contribution in [3.63, 3.8) is 0 Å². The molecule has 1 amide bonds. The van der Waals surface area contributed by atoms with Crippen LogP contribution in [0.15, 0.2) is 5.38 Å². The minimum Gasteiger partial charge on any atom is -0.396 e. The van der Waals surface area contributed by atoms with Crippen LogP contribution in [0.4, 0.5) is 5.13 Å². The molecule has 1 rings (SSSR count). The second kappa shape index (κ2) is 6.66. The lowest BCUT2D eigenvalue weighted by molar-refractivity contribution is -0.120. The number of aliphatic hydroxyl groups is 1. The summed E-state index contributed by atoms with van der Waals surface area (Å²) in [5.74, 6) is -0.209. The smallest absolute Gasteiger partial charge is 0.231 e. The minimum atomic E-state index is -3.34. The fourth-order valence-corrected chi connectivity index (χ4v) is 2.69. The summed E-state index contributed by atoms with van der Waals surface area (Å²) in [6, 6.07) is 0. The largest absolute Gasteiger partial charge is 0.396 e. The molecule has 0 aliphatic rings. The van der Waals surface area contributed by atoms with Crippen LogP contribution in [0.1, 0.15) is 12.1 Å². The van der Waals surface area contributed by atoms with Gasteiger partial charge in [-0.2, -0.15) is 0 Å². The second-order valence-corrected chi connectivity index (χ2v) is 6.23. The van der Waals surface area contributed by atoms with E-state index in [1.807, 2.05) is 0 Å². The number of hydrogen-bond acceptors (Lipinski definition) is 6. The molecule has 0 saturated carbocycles. The van der Waals surface area contributed by atoms with Gasteiger partial charge >= 0.3 is 0 Å². The third-order valence-electron chi connectivity index (χ3n) is 1.82. The number of sulfonamides is 1. The van der Waals surface area contributed by atoms with Gasteiger partial charge in [-0.3, -0.25) is 9.52 Å². The van der Waals surface area contributed by atoms with E-state index in [2.05, 4.69) is 15.0 Å². The summed E-state index contributed by atoms with van der Waals surface area (Å²) in [5.41, 5.74) is 0.507. The number of aromatic nitrogens is 1. The van der Waals surface area contributed by atoms with E-state index in [0.717, 1.165) is 17.6 Å². The maximum atomic E-state index is 11.4. The van der Waals surface area contributed by atoms with E-state index in [-0.39, 0.29) is 24.1 Å². The van der Waals surface area contributed by atoms with Crippen LogP contribution < -0.4 is 10.0 Å². The molecule has 0 atom stereocenters. The number of amides is 1. The third kappa shape index (κ3) is 5.94. The van der Waals surface area contributed by atoms with Crippen LogP contribution in [-0.4, -0.2) is 43.8 Å². The maximum absolute atomic E-state index is 11.4. The first-order chi connectivity index (χ1) is 8.40. The van der Waals surface area contributed by atoms with E-state index in [0.29, 0.717) is 18.7 Å². The van der Waals surface area contributed by atoms with Crippen molar-refractivity contribution in [1.29, 1.82) is 0 Å². The summed E-state index contributed by atoms with van der Waals surface area (Å²) in [4.78, 5) is 15.4. The van der Waals surface area contributed by atoms with E-state index < -0.39 is 10.0 Å². The highest BCUT2D eigenvalue weighted by Crippen LogP contribution is 2.16. The van der Waals surface area contributed by atoms with Gasteiger partial charge < -0.3 is 10.4 Å². The van der Waals surface area contributed by atoms with Crippen molar-refractivity contribution in [3.05, 3.63) is 11.1 Å². The average Bonchev–Trinajstić information content (AvgIpc) is 2.63. The van der Waals surface area contributed by atoms with E-state index in [1.165, 1.54) is 0 Å². The molecule has 7 nitrogen and oxygen atoms in total. The fraction of sp³-hybridized carbons (Fsp3) is 0.556. The van der Waals surface area contributed by atoms with Crippen molar-refractivity contribution in [2.75, 3.05) is 24.1 Å². The van der Waals surface area contributed by atoms with Gasteiger partial charge in [0, 0.05) is 18.5 Å². The van der Waals surface area contributed by atoms with E-state index in [4.69, 9.17) is 5.11 Å². The molecular weight excluding hydrogens is 278 g/mol. The highest BCUT2D eigenvalue weighted by molar-refractivity contribution is 7.92. The minimum absolute atomic E-state index is 0.0272. The first kappa shape index (κ1) is 14.9. The average molecular weight is 293 g/mol. The Kier molecular flexibility index (Phi) is 5.51. The highest BCUT2D eigenvalue weighted by atomic mass is 32.2. The van der Waals surface area contributed by atoms with Crippen LogP contribution in [0.3, 0.4) is 0 Å².